The molecular formula is C22H40O5S. The molecule has 28 heavy (non-hydrogen) atoms. The van der Waals surface area contributed by atoms with Gasteiger partial charge in [0.15, 0.2) is 0 Å². The summed E-state index contributed by atoms with van der Waals surface area (Å²) in [6.07, 6.45) is 8.35. The van der Waals surface area contributed by atoms with Crippen molar-refractivity contribution >= 4 is 23.5 Å². The predicted molar refractivity (Wildman–Crippen MR) is 114 cm³/mol. The Labute approximate surface area is 175 Å². The second-order valence-electron chi connectivity index (χ2n) is 8.12. The number of ether oxygens (including phenoxy) is 1. The number of aliphatic hydroxyl groups is 2. The molecular weight excluding hydrogens is 376 g/mol. The largest absolute Gasteiger partial charge is 0.469 e. The molecule has 0 aromatic carbocycles. The van der Waals surface area contributed by atoms with Crippen LogP contribution in [0.3, 0.4) is 0 Å². The maximum atomic E-state index is 12.3. The van der Waals surface area contributed by atoms with Crippen molar-refractivity contribution in [3.8, 4) is 0 Å². The lowest BCUT2D eigenvalue weighted by Gasteiger charge is -2.23. The normalized spacial score (nSPS) is 24.3. The Bertz CT molecular complexity index is 456. The molecule has 164 valence electrons. The van der Waals surface area contributed by atoms with Crippen molar-refractivity contribution < 1.29 is 24.5 Å². The number of thioether (sulfide) groups is 1. The van der Waals surface area contributed by atoms with Crippen LogP contribution in [-0.4, -0.2) is 52.3 Å². The smallest absolute Gasteiger partial charge is 0.305 e. The first-order valence-electron chi connectivity index (χ1n) is 11.0. The quantitative estimate of drug-likeness (QED) is 0.308. The van der Waals surface area contributed by atoms with E-state index in [1.54, 1.807) is 11.8 Å². The first kappa shape index (κ1) is 25.4. The number of Topliss-reactive ketones (excluding diaryl/α,β-unsaturated/α-hetero) is 1. The Balaban J connectivity index is 2.35. The summed E-state index contributed by atoms with van der Waals surface area (Å²) < 4.78 is 4.63. The summed E-state index contributed by atoms with van der Waals surface area (Å²) in [5.74, 6) is 1.02. The zero-order chi connectivity index (χ0) is 20.9. The third kappa shape index (κ3) is 9.27. The third-order valence-corrected chi connectivity index (χ3v) is 7.44. The molecule has 6 heteroatoms. The average molecular weight is 417 g/mol. The molecule has 2 N–H and O–H groups in total. The first-order chi connectivity index (χ1) is 13.4. The average Bonchev–Trinajstić information content (AvgIpc) is 2.94. The summed E-state index contributed by atoms with van der Waals surface area (Å²) in [5.41, 5.74) is 0. The van der Waals surface area contributed by atoms with Gasteiger partial charge >= 0.3 is 5.97 Å². The topological polar surface area (TPSA) is 83.8 Å². The summed E-state index contributed by atoms with van der Waals surface area (Å²) in [6, 6.07) is 0. The molecule has 5 atom stereocenters. The number of aliphatic hydroxyl groups excluding tert-OH is 2. The number of methoxy groups -OCH3 is 1. The summed E-state index contributed by atoms with van der Waals surface area (Å²) in [7, 11) is 1.40. The van der Waals surface area contributed by atoms with Crippen molar-refractivity contribution in [3.05, 3.63) is 0 Å². The molecule has 0 bridgehead atoms. The van der Waals surface area contributed by atoms with Gasteiger partial charge in [-0.3, -0.25) is 9.59 Å². The number of carbonyl (C=O) groups excluding carboxylic acids is 2. The number of hydrogen-bond acceptors (Lipinski definition) is 6. The number of unbranched alkanes of at least 4 members (excludes halogenated alkanes) is 3. The van der Waals surface area contributed by atoms with E-state index < -0.39 is 6.10 Å². The van der Waals surface area contributed by atoms with Gasteiger partial charge < -0.3 is 14.9 Å². The predicted octanol–water partition coefficient (Wildman–Crippen LogP) is 4.13. The van der Waals surface area contributed by atoms with E-state index in [2.05, 4.69) is 18.6 Å². The molecule has 0 aromatic rings. The highest BCUT2D eigenvalue weighted by molar-refractivity contribution is 8.00. The van der Waals surface area contributed by atoms with E-state index in [0.29, 0.717) is 18.1 Å². The lowest BCUT2D eigenvalue weighted by Crippen LogP contribution is -2.26. The lowest BCUT2D eigenvalue weighted by atomic mass is 9.95. The van der Waals surface area contributed by atoms with E-state index in [-0.39, 0.29) is 35.4 Å². The van der Waals surface area contributed by atoms with Crippen LogP contribution in [0.5, 0.6) is 0 Å². The zero-order valence-corrected chi connectivity index (χ0v) is 18.7. The second kappa shape index (κ2) is 14.4. The minimum Gasteiger partial charge on any atom is -0.469 e. The van der Waals surface area contributed by atoms with Crippen molar-refractivity contribution in [2.75, 3.05) is 12.9 Å². The van der Waals surface area contributed by atoms with Gasteiger partial charge in [0.25, 0.3) is 0 Å². The highest BCUT2D eigenvalue weighted by atomic mass is 32.2. The van der Waals surface area contributed by atoms with Crippen LogP contribution in [0, 0.1) is 11.8 Å². The van der Waals surface area contributed by atoms with Crippen molar-refractivity contribution in [1.82, 2.24) is 0 Å². The minimum absolute atomic E-state index is 0.0940. The molecule has 5 nitrogen and oxygen atoms in total. The molecule has 1 aliphatic rings. The van der Waals surface area contributed by atoms with Gasteiger partial charge in [-0.1, -0.05) is 52.4 Å². The monoisotopic (exact) mass is 416 g/mol. The lowest BCUT2D eigenvalue weighted by molar-refractivity contribution is -0.140. The minimum atomic E-state index is -0.591. The van der Waals surface area contributed by atoms with Crippen LogP contribution < -0.4 is 0 Å². The van der Waals surface area contributed by atoms with Gasteiger partial charge in [-0.15, -0.1) is 0 Å². The zero-order valence-electron chi connectivity index (χ0n) is 17.9. The Morgan fingerprint density at radius 3 is 2.61 bits per heavy atom. The van der Waals surface area contributed by atoms with Crippen molar-refractivity contribution in [2.24, 2.45) is 11.8 Å². The van der Waals surface area contributed by atoms with Gasteiger partial charge in [0, 0.05) is 29.8 Å². The second-order valence-corrected chi connectivity index (χ2v) is 9.33. The van der Waals surface area contributed by atoms with Crippen LogP contribution in [0.15, 0.2) is 0 Å². The molecule has 0 heterocycles. The number of rotatable bonds is 15. The van der Waals surface area contributed by atoms with E-state index in [9.17, 15) is 19.8 Å². The maximum absolute atomic E-state index is 12.3. The molecule has 1 saturated carbocycles. The molecule has 0 saturated heterocycles. The van der Waals surface area contributed by atoms with Gasteiger partial charge in [-0.2, -0.15) is 11.8 Å². The van der Waals surface area contributed by atoms with Crippen LogP contribution >= 0.6 is 11.8 Å². The molecule has 0 amide bonds. The van der Waals surface area contributed by atoms with Gasteiger partial charge in [0.2, 0.25) is 0 Å². The summed E-state index contributed by atoms with van der Waals surface area (Å²) in [4.78, 5) is 23.4. The maximum Gasteiger partial charge on any atom is 0.305 e. The number of hydrogen-bond donors (Lipinski definition) is 2. The van der Waals surface area contributed by atoms with Crippen LogP contribution in [0.2, 0.25) is 0 Å². The number of carbonyl (C=O) groups is 2. The standard InChI is InChI=1S/C22H40O5S/c1-4-10-16(5-2)13-17(23)15-28-22-18(19(24)14-20(22)25)11-8-6-7-9-12-21(26)27-3/h16-18,20,22-23,25H,4-15H2,1-3H3/t16?,17?,18-,20?,22+/m0/s1. The van der Waals surface area contributed by atoms with Crippen LogP contribution in [0.25, 0.3) is 0 Å². The van der Waals surface area contributed by atoms with E-state index in [1.807, 2.05) is 0 Å². The van der Waals surface area contributed by atoms with Gasteiger partial charge in [-0.25, -0.2) is 0 Å². The van der Waals surface area contributed by atoms with E-state index in [0.717, 1.165) is 57.8 Å². The van der Waals surface area contributed by atoms with Crippen molar-refractivity contribution in [2.45, 2.75) is 102 Å². The van der Waals surface area contributed by atoms with E-state index >= 15 is 0 Å². The van der Waals surface area contributed by atoms with Gasteiger partial charge in [0.05, 0.1) is 19.3 Å². The summed E-state index contributed by atoms with van der Waals surface area (Å²) in [6.45, 7) is 4.34. The first-order valence-corrected chi connectivity index (χ1v) is 12.0. The molecule has 0 aromatic heterocycles. The SMILES string of the molecule is CCCC(CC)CC(O)CS[C@H]1C(O)CC(=O)[C@@H]1CCCCCCC(=O)OC. The molecule has 0 aliphatic heterocycles. The molecule has 1 rings (SSSR count). The fourth-order valence-electron chi connectivity index (χ4n) is 4.14. The fraction of sp³-hybridized carbons (Fsp3) is 0.909. The summed E-state index contributed by atoms with van der Waals surface area (Å²) >= 11 is 1.58. The highest BCUT2D eigenvalue weighted by Crippen LogP contribution is 2.37. The molecule has 0 radical (unpaired) electrons. The molecule has 0 spiro atoms. The van der Waals surface area contributed by atoms with Crippen LogP contribution in [-0.2, 0) is 14.3 Å². The Kier molecular flexibility index (Phi) is 13.1. The van der Waals surface area contributed by atoms with Gasteiger partial charge in [-0.05, 0) is 25.2 Å². The van der Waals surface area contributed by atoms with Crippen LogP contribution in [0.4, 0.5) is 0 Å². The number of esters is 1. The van der Waals surface area contributed by atoms with E-state index in [4.69, 9.17) is 0 Å². The molecule has 3 unspecified atom stereocenters. The Morgan fingerprint density at radius 1 is 1.25 bits per heavy atom. The van der Waals surface area contributed by atoms with Gasteiger partial charge in [0.1, 0.15) is 5.78 Å². The third-order valence-electron chi connectivity index (χ3n) is 5.83. The van der Waals surface area contributed by atoms with Crippen molar-refractivity contribution in [1.29, 1.82) is 0 Å². The Morgan fingerprint density at radius 2 is 1.96 bits per heavy atom. The molecule has 1 fully saturated rings. The fourth-order valence-corrected chi connectivity index (χ4v) is 5.56. The summed E-state index contributed by atoms with van der Waals surface area (Å²) in [5, 5.41) is 20.6. The molecule has 1 aliphatic carbocycles. The van der Waals surface area contributed by atoms with Crippen LogP contribution in [0.1, 0.15) is 84.5 Å². The van der Waals surface area contributed by atoms with Crippen molar-refractivity contribution in [3.63, 3.8) is 0 Å². The Hall–Kier alpha value is -0.590. The van der Waals surface area contributed by atoms with E-state index in [1.165, 1.54) is 7.11 Å². The highest BCUT2D eigenvalue weighted by Gasteiger charge is 2.41. The number of ketones is 1.